The van der Waals surface area contributed by atoms with Gasteiger partial charge in [-0.15, -0.1) is 0 Å². The van der Waals surface area contributed by atoms with E-state index in [1.807, 2.05) is 29.2 Å². The Balaban J connectivity index is 1.49. The number of allylic oxidation sites excluding steroid dienone is 2. The lowest BCUT2D eigenvalue weighted by molar-refractivity contribution is -0.337. The third-order valence-electron chi connectivity index (χ3n) is 4.96. The van der Waals surface area contributed by atoms with Crippen molar-refractivity contribution in [2.75, 3.05) is 29.5 Å². The highest BCUT2D eigenvalue weighted by atomic mass is 32.2. The van der Waals surface area contributed by atoms with E-state index in [-0.39, 0.29) is 35.3 Å². The summed E-state index contributed by atoms with van der Waals surface area (Å²) in [6, 6.07) is 6.83. The molecule has 0 bridgehead atoms. The van der Waals surface area contributed by atoms with Crippen molar-refractivity contribution in [2.45, 2.75) is 26.7 Å². The molecular weight excluding hydrogens is 388 g/mol. The molecule has 1 fully saturated rings. The summed E-state index contributed by atoms with van der Waals surface area (Å²) in [5.74, 6) is -0.381. The molecule has 3 aliphatic heterocycles. The maximum Gasteiger partial charge on any atom is 0.308 e. The first-order valence-corrected chi connectivity index (χ1v) is 11.0. The van der Waals surface area contributed by atoms with Crippen LogP contribution in [0.1, 0.15) is 34.0 Å². The fourth-order valence-corrected chi connectivity index (χ4v) is 4.57. The third kappa shape index (κ3) is 4.17. The van der Waals surface area contributed by atoms with E-state index in [0.717, 1.165) is 15.8 Å². The average molecular weight is 420 g/mol. The van der Waals surface area contributed by atoms with E-state index in [4.69, 9.17) is 8.22 Å². The molecule has 1 unspecified atom stereocenters. The van der Waals surface area contributed by atoms with Gasteiger partial charge in [-0.1, -0.05) is 18.2 Å². The molecular formula is C21H25N4O3S+. The van der Waals surface area contributed by atoms with Gasteiger partial charge in [0.1, 0.15) is 1.37 Å². The van der Waals surface area contributed by atoms with Gasteiger partial charge in [-0.2, -0.15) is 4.58 Å². The molecule has 0 aromatic heterocycles. The van der Waals surface area contributed by atoms with Crippen LogP contribution in [0.4, 0.5) is 5.69 Å². The molecule has 0 spiro atoms. The minimum Gasteiger partial charge on any atom is -0.369 e. The van der Waals surface area contributed by atoms with Crippen LogP contribution >= 0.6 is 0 Å². The van der Waals surface area contributed by atoms with Crippen LogP contribution in [0, 0.1) is 0 Å². The fraction of sp³-hybridized carbons (Fsp3) is 0.381. The van der Waals surface area contributed by atoms with Crippen LogP contribution < -0.4 is 10.2 Å². The van der Waals surface area contributed by atoms with Crippen molar-refractivity contribution in [3.05, 3.63) is 52.8 Å². The summed E-state index contributed by atoms with van der Waals surface area (Å²) in [4.78, 5) is 19.2. The van der Waals surface area contributed by atoms with Gasteiger partial charge in [-0.25, -0.2) is 8.42 Å². The molecule has 1 N–H and O–H groups in total. The topological polar surface area (TPSA) is 81.8 Å². The van der Waals surface area contributed by atoms with Crippen LogP contribution in [0.5, 0.6) is 0 Å². The molecule has 3 aliphatic rings. The van der Waals surface area contributed by atoms with E-state index >= 15 is 0 Å². The van der Waals surface area contributed by atoms with Crippen LogP contribution in [0.2, 0.25) is 0 Å². The van der Waals surface area contributed by atoms with E-state index < -0.39 is 46.8 Å². The van der Waals surface area contributed by atoms with Crippen LogP contribution in [0.15, 0.2) is 52.3 Å². The Labute approximate surface area is 179 Å². The number of hydrogen-bond donors (Lipinski definition) is 1. The number of sulfone groups is 1. The van der Waals surface area contributed by atoms with Crippen molar-refractivity contribution >= 4 is 33.5 Å². The van der Waals surface area contributed by atoms with E-state index in [9.17, 15) is 13.2 Å². The average Bonchev–Trinajstić information content (AvgIpc) is 3.13. The lowest BCUT2D eigenvalue weighted by Gasteiger charge is -2.28. The number of carbonyl (C=O) groups is 1. The standard InChI is InChI=1S/C21H24N4O3S/c1-15-3-8-19-23-16(2)20(25(19)14-15)21(26)22-13-17-4-6-18(7-5-17)24-9-11-29(27,28)12-10-24/h3-7,14H,8-13H2,1-2H3/p+1/i1D3,3D,8D,14D. The van der Waals surface area contributed by atoms with Crippen molar-refractivity contribution in [1.82, 2.24) is 5.32 Å². The molecule has 1 saturated heterocycles. The Morgan fingerprint density at radius 2 is 2.07 bits per heavy atom. The molecule has 8 heteroatoms. The quantitative estimate of drug-likeness (QED) is 0.752. The van der Waals surface area contributed by atoms with Crippen molar-refractivity contribution in [3.8, 4) is 0 Å². The molecule has 1 amide bonds. The Morgan fingerprint density at radius 1 is 1.34 bits per heavy atom. The van der Waals surface area contributed by atoms with Crippen molar-refractivity contribution < 1.29 is 26.0 Å². The number of amidine groups is 1. The number of rotatable bonds is 4. The first kappa shape index (κ1) is 13.5. The van der Waals surface area contributed by atoms with Crippen molar-refractivity contribution in [2.24, 2.45) is 4.99 Å². The first-order valence-electron chi connectivity index (χ1n) is 12.3. The van der Waals surface area contributed by atoms with Gasteiger partial charge in [0, 0.05) is 37.7 Å². The van der Waals surface area contributed by atoms with E-state index in [2.05, 4.69) is 10.3 Å². The number of nitrogens with one attached hydrogen (secondary N) is 1. The fourth-order valence-electron chi connectivity index (χ4n) is 3.37. The molecule has 0 aliphatic carbocycles. The number of anilines is 1. The maximum atomic E-state index is 13.0. The number of benzene rings is 1. The highest BCUT2D eigenvalue weighted by Crippen LogP contribution is 2.22. The van der Waals surface area contributed by atoms with Gasteiger partial charge in [-0.3, -0.25) is 4.79 Å². The maximum absolute atomic E-state index is 13.0. The summed E-state index contributed by atoms with van der Waals surface area (Å²) in [6.45, 7) is -0.236. The van der Waals surface area contributed by atoms with Gasteiger partial charge in [0.2, 0.25) is 11.4 Å². The third-order valence-corrected chi connectivity index (χ3v) is 6.57. The summed E-state index contributed by atoms with van der Waals surface area (Å²) in [7, 11) is -2.97. The highest BCUT2D eigenvalue weighted by molar-refractivity contribution is 7.91. The molecule has 3 heterocycles. The smallest absolute Gasteiger partial charge is 0.308 e. The van der Waals surface area contributed by atoms with E-state index in [1.165, 1.54) is 6.92 Å². The molecule has 0 radical (unpaired) electrons. The van der Waals surface area contributed by atoms with Crippen LogP contribution in [-0.2, 0) is 21.2 Å². The van der Waals surface area contributed by atoms with Gasteiger partial charge in [0.15, 0.2) is 9.84 Å². The summed E-state index contributed by atoms with van der Waals surface area (Å²) < 4.78 is 72.0. The SMILES string of the molecule is [2H]C1=C(C([2H])([2H])[2H])C([2H])=[N+]2C(=NC(C)=C2C(=O)NCc2ccc(N3CCS(=O)(=O)CC3)cc2)C1[2H]. The van der Waals surface area contributed by atoms with Gasteiger partial charge in [0.25, 0.3) is 5.91 Å². The number of aliphatic imine (C=N–C) groups is 1. The summed E-state index contributed by atoms with van der Waals surface area (Å²) in [6.07, 6.45) is -1.97. The number of amides is 1. The monoisotopic (exact) mass is 419 g/mol. The minimum absolute atomic E-state index is 0.0384. The normalized spacial score (nSPS) is 27.3. The molecule has 1 aromatic rings. The summed E-state index contributed by atoms with van der Waals surface area (Å²) >= 11 is 0. The molecule has 4 rings (SSSR count). The van der Waals surface area contributed by atoms with Crippen LogP contribution in [0.25, 0.3) is 0 Å². The molecule has 1 aromatic carbocycles. The highest BCUT2D eigenvalue weighted by Gasteiger charge is 2.36. The largest absolute Gasteiger partial charge is 0.369 e. The van der Waals surface area contributed by atoms with E-state index in [0.29, 0.717) is 13.1 Å². The number of hydrogen-bond acceptors (Lipinski definition) is 5. The van der Waals surface area contributed by atoms with E-state index in [1.54, 1.807) is 0 Å². The zero-order chi connectivity index (χ0) is 25.7. The second-order valence-corrected chi connectivity index (χ2v) is 9.31. The Morgan fingerprint density at radius 3 is 2.76 bits per heavy atom. The Hall–Kier alpha value is -2.74. The predicted octanol–water partition coefficient (Wildman–Crippen LogP) is 1.61. The van der Waals surface area contributed by atoms with Gasteiger partial charge in [0.05, 0.1) is 25.5 Å². The lowest BCUT2D eigenvalue weighted by Crippen LogP contribution is -2.40. The zero-order valence-electron chi connectivity index (χ0n) is 21.9. The number of carbonyl (C=O) groups excluding carboxylic acids is 1. The van der Waals surface area contributed by atoms with Gasteiger partial charge in [-0.05, 0) is 35.1 Å². The lowest BCUT2D eigenvalue weighted by atomic mass is 10.1. The summed E-state index contributed by atoms with van der Waals surface area (Å²) in [5.41, 5.74) is 1.29. The van der Waals surface area contributed by atoms with Crippen LogP contribution in [0.3, 0.4) is 0 Å². The van der Waals surface area contributed by atoms with Gasteiger partial charge < -0.3 is 10.2 Å². The molecule has 152 valence electrons. The second-order valence-electron chi connectivity index (χ2n) is 7.00. The molecule has 1 atom stereocenters. The van der Waals surface area contributed by atoms with Crippen LogP contribution in [-0.4, -0.2) is 55.5 Å². The molecule has 7 nitrogen and oxygen atoms in total. The second kappa shape index (κ2) is 7.59. The molecule has 29 heavy (non-hydrogen) atoms. The van der Waals surface area contributed by atoms with Gasteiger partial charge >= 0.3 is 5.84 Å². The Bertz CT molecular complexity index is 1300. The molecule has 0 saturated carbocycles. The minimum atomic E-state index is -2.97. The number of fused-ring (bicyclic) bond motifs is 1. The first-order chi connectivity index (χ1) is 16.3. The van der Waals surface area contributed by atoms with Crippen molar-refractivity contribution in [1.29, 1.82) is 0 Å². The Kier molecular flexibility index (Phi) is 3.53. The summed E-state index contributed by atoms with van der Waals surface area (Å²) in [5, 5.41) is 2.75. The van der Waals surface area contributed by atoms with Crippen molar-refractivity contribution in [3.63, 3.8) is 0 Å². The zero-order valence-corrected chi connectivity index (χ0v) is 16.7. The predicted molar refractivity (Wildman–Crippen MR) is 114 cm³/mol. The number of nitrogens with zero attached hydrogens (tertiary/aromatic N) is 3.